The van der Waals surface area contributed by atoms with E-state index in [0.717, 1.165) is 4.90 Å². The number of carbonyl (C=O) groups is 5. The molecule has 15 heteroatoms. The van der Waals surface area contributed by atoms with Gasteiger partial charge in [0.25, 0.3) is 0 Å². The zero-order valence-electron chi connectivity index (χ0n) is 19.0. The number of rotatable bonds is 13. The molecule has 0 aromatic heterocycles. The zero-order chi connectivity index (χ0) is 26.0. The van der Waals surface area contributed by atoms with Gasteiger partial charge >= 0.3 is 5.97 Å². The second-order valence-electron chi connectivity index (χ2n) is 8.04. The number of nitrogens with two attached hydrogens (primary N) is 4. The van der Waals surface area contributed by atoms with Crippen LogP contribution in [0.5, 0.6) is 0 Å². The third-order valence-corrected chi connectivity index (χ3v) is 5.21. The summed E-state index contributed by atoms with van der Waals surface area (Å²) in [5.74, 6) is -4.66. The van der Waals surface area contributed by atoms with Crippen molar-refractivity contribution in [2.45, 2.75) is 69.3 Å². The summed E-state index contributed by atoms with van der Waals surface area (Å²) in [5.41, 5.74) is 21.3. The Morgan fingerprint density at radius 1 is 1.15 bits per heavy atom. The number of aliphatic hydroxyl groups is 1. The van der Waals surface area contributed by atoms with Crippen molar-refractivity contribution in [1.82, 2.24) is 15.5 Å². The Morgan fingerprint density at radius 3 is 2.32 bits per heavy atom. The summed E-state index contributed by atoms with van der Waals surface area (Å²) in [4.78, 5) is 65.5. The van der Waals surface area contributed by atoms with Gasteiger partial charge in [-0.2, -0.15) is 0 Å². The molecule has 1 aliphatic heterocycles. The van der Waals surface area contributed by atoms with E-state index < -0.39 is 66.3 Å². The first kappa shape index (κ1) is 28.6. The number of primary amides is 1. The number of hydrogen-bond acceptors (Lipinski definition) is 8. The van der Waals surface area contributed by atoms with E-state index in [1.807, 2.05) is 0 Å². The Morgan fingerprint density at radius 2 is 1.79 bits per heavy atom. The van der Waals surface area contributed by atoms with Gasteiger partial charge in [0.15, 0.2) is 5.96 Å². The Labute approximate surface area is 196 Å². The molecule has 4 amide bonds. The van der Waals surface area contributed by atoms with Crippen LogP contribution in [0, 0.1) is 0 Å². The number of nitrogens with zero attached hydrogens (tertiary/aromatic N) is 2. The van der Waals surface area contributed by atoms with Gasteiger partial charge in [0.1, 0.15) is 18.1 Å². The van der Waals surface area contributed by atoms with Crippen LogP contribution in [0.2, 0.25) is 0 Å². The largest absolute Gasteiger partial charge is 0.480 e. The lowest BCUT2D eigenvalue weighted by Gasteiger charge is -2.31. The lowest BCUT2D eigenvalue weighted by molar-refractivity contribution is -0.146. The summed E-state index contributed by atoms with van der Waals surface area (Å²) >= 11 is 0. The molecule has 0 aromatic rings. The molecule has 0 bridgehead atoms. The first-order chi connectivity index (χ1) is 15.8. The quantitative estimate of drug-likeness (QED) is 0.0704. The number of likely N-dealkylation sites (tertiary alicyclic amines) is 1. The van der Waals surface area contributed by atoms with E-state index in [2.05, 4.69) is 15.6 Å². The predicted octanol–water partition coefficient (Wildman–Crippen LogP) is -4.33. The fourth-order valence-corrected chi connectivity index (χ4v) is 3.45. The average Bonchev–Trinajstić information content (AvgIpc) is 3.23. The van der Waals surface area contributed by atoms with Crippen molar-refractivity contribution >= 4 is 35.6 Å². The van der Waals surface area contributed by atoms with E-state index >= 15 is 0 Å². The number of amides is 4. The maximum Gasteiger partial charge on any atom is 0.326 e. The number of carboxylic acids is 1. The molecule has 1 aliphatic rings. The number of guanidine groups is 1. The molecule has 15 nitrogen and oxygen atoms in total. The predicted molar refractivity (Wildman–Crippen MR) is 120 cm³/mol. The van der Waals surface area contributed by atoms with Crippen molar-refractivity contribution in [2.24, 2.45) is 27.9 Å². The summed E-state index contributed by atoms with van der Waals surface area (Å²) in [6.45, 7) is 1.71. The highest BCUT2D eigenvalue weighted by atomic mass is 16.4. The van der Waals surface area contributed by atoms with Gasteiger partial charge in [0, 0.05) is 13.1 Å². The molecule has 1 heterocycles. The van der Waals surface area contributed by atoms with E-state index in [1.165, 1.54) is 6.92 Å². The van der Waals surface area contributed by atoms with Crippen molar-refractivity contribution in [3.8, 4) is 0 Å². The third-order valence-electron chi connectivity index (χ3n) is 5.21. The Bertz CT molecular complexity index is 800. The zero-order valence-corrected chi connectivity index (χ0v) is 19.0. The number of aliphatic imine (C=N–C) groups is 1. The molecule has 192 valence electrons. The average molecular weight is 487 g/mol. The fraction of sp³-hybridized carbons (Fsp3) is 0.684. The molecule has 5 unspecified atom stereocenters. The number of carbonyl (C=O) groups excluding carboxylic acids is 4. The second kappa shape index (κ2) is 13.3. The normalized spacial score (nSPS) is 18.8. The monoisotopic (exact) mass is 486 g/mol. The molecule has 0 spiro atoms. The van der Waals surface area contributed by atoms with Gasteiger partial charge in [-0.3, -0.25) is 24.2 Å². The van der Waals surface area contributed by atoms with Crippen LogP contribution in [-0.2, 0) is 24.0 Å². The molecule has 1 rings (SSSR count). The van der Waals surface area contributed by atoms with E-state index in [4.69, 9.17) is 22.9 Å². The van der Waals surface area contributed by atoms with Crippen molar-refractivity contribution in [3.05, 3.63) is 0 Å². The van der Waals surface area contributed by atoms with Gasteiger partial charge in [-0.05, 0) is 32.6 Å². The summed E-state index contributed by atoms with van der Waals surface area (Å²) in [5, 5.41) is 23.9. The van der Waals surface area contributed by atoms with Gasteiger partial charge in [-0.25, -0.2) is 4.79 Å². The molecule has 0 aliphatic carbocycles. The van der Waals surface area contributed by atoms with Crippen LogP contribution in [0.1, 0.15) is 39.0 Å². The minimum absolute atomic E-state index is 0.0914. The standard InChI is InChI=1S/C19H34N8O7/c1-9(28)14(26-15(30)10(20)4-2-6-24-19(22)23)17(32)27-7-3-5-12(27)16(31)25-11(18(33)34)8-13(21)29/h9-12,14,28H,2-8,20H2,1H3,(H2,21,29)(H,25,31)(H,26,30)(H,33,34)(H4,22,23,24). The number of hydrogen-bond donors (Lipinski definition) is 8. The van der Waals surface area contributed by atoms with Gasteiger partial charge in [-0.15, -0.1) is 0 Å². The van der Waals surface area contributed by atoms with Crippen LogP contribution < -0.4 is 33.6 Å². The number of aliphatic hydroxyl groups excluding tert-OH is 1. The fourth-order valence-electron chi connectivity index (χ4n) is 3.45. The van der Waals surface area contributed by atoms with E-state index in [0.29, 0.717) is 12.8 Å². The summed E-state index contributed by atoms with van der Waals surface area (Å²) in [7, 11) is 0. The number of nitrogens with one attached hydrogen (secondary N) is 2. The molecule has 34 heavy (non-hydrogen) atoms. The minimum atomic E-state index is -1.55. The van der Waals surface area contributed by atoms with Crippen molar-refractivity contribution in [3.63, 3.8) is 0 Å². The summed E-state index contributed by atoms with van der Waals surface area (Å²) < 4.78 is 0. The Hall–Kier alpha value is -3.46. The molecular formula is C19H34N8O7. The van der Waals surface area contributed by atoms with E-state index in [1.54, 1.807) is 0 Å². The maximum atomic E-state index is 13.1. The highest BCUT2D eigenvalue weighted by molar-refractivity contribution is 5.95. The highest BCUT2D eigenvalue weighted by Crippen LogP contribution is 2.20. The van der Waals surface area contributed by atoms with Crippen LogP contribution in [0.4, 0.5) is 0 Å². The molecule has 1 fully saturated rings. The van der Waals surface area contributed by atoms with Crippen LogP contribution in [0.3, 0.4) is 0 Å². The third kappa shape index (κ3) is 8.82. The SMILES string of the molecule is CC(O)C(NC(=O)C(N)CCCN=C(N)N)C(=O)N1CCCC1C(=O)NC(CC(N)=O)C(=O)O. The summed E-state index contributed by atoms with van der Waals surface area (Å²) in [6, 6.07) is -4.97. The van der Waals surface area contributed by atoms with E-state index in [-0.39, 0.29) is 31.9 Å². The first-order valence-corrected chi connectivity index (χ1v) is 10.8. The minimum Gasteiger partial charge on any atom is -0.480 e. The van der Waals surface area contributed by atoms with E-state index in [9.17, 15) is 34.2 Å². The van der Waals surface area contributed by atoms with Crippen LogP contribution in [-0.4, -0.2) is 94.0 Å². The van der Waals surface area contributed by atoms with Gasteiger partial charge in [0.05, 0.1) is 18.6 Å². The Kier molecular flexibility index (Phi) is 11.2. The smallest absolute Gasteiger partial charge is 0.326 e. The molecule has 0 aromatic carbocycles. The first-order valence-electron chi connectivity index (χ1n) is 10.8. The van der Waals surface area contributed by atoms with Gasteiger partial charge < -0.3 is 48.7 Å². The molecule has 5 atom stereocenters. The molecule has 1 saturated heterocycles. The number of aliphatic carboxylic acids is 1. The van der Waals surface area contributed by atoms with Crippen LogP contribution in [0.25, 0.3) is 0 Å². The molecule has 12 N–H and O–H groups in total. The van der Waals surface area contributed by atoms with Crippen molar-refractivity contribution in [1.29, 1.82) is 0 Å². The summed E-state index contributed by atoms with van der Waals surface area (Å²) in [6.07, 6.45) is -0.641. The lowest BCUT2D eigenvalue weighted by atomic mass is 10.1. The maximum absolute atomic E-state index is 13.1. The Balaban J connectivity index is 2.84. The molecular weight excluding hydrogens is 452 g/mol. The van der Waals surface area contributed by atoms with Crippen molar-refractivity contribution in [2.75, 3.05) is 13.1 Å². The number of carboxylic acid groups (broad SMARTS) is 1. The van der Waals surface area contributed by atoms with Crippen molar-refractivity contribution < 1.29 is 34.2 Å². The van der Waals surface area contributed by atoms with Crippen LogP contribution >= 0.6 is 0 Å². The van der Waals surface area contributed by atoms with Gasteiger partial charge in [0.2, 0.25) is 23.6 Å². The second-order valence-corrected chi connectivity index (χ2v) is 8.04. The highest BCUT2D eigenvalue weighted by Gasteiger charge is 2.40. The topological polar surface area (TPSA) is 270 Å². The lowest BCUT2D eigenvalue weighted by Crippen LogP contribution is -2.59. The van der Waals surface area contributed by atoms with Gasteiger partial charge in [-0.1, -0.05) is 0 Å². The van der Waals surface area contributed by atoms with Crippen LogP contribution in [0.15, 0.2) is 4.99 Å². The molecule has 0 saturated carbocycles. The molecule has 0 radical (unpaired) electrons.